The molecule has 2 fully saturated rings. The molecule has 6 nitrogen and oxygen atoms in total. The Hall–Kier alpha value is -1.74. The summed E-state index contributed by atoms with van der Waals surface area (Å²) in [6, 6.07) is 0.297. The van der Waals surface area contributed by atoms with Crippen LogP contribution in [0.4, 0.5) is 4.79 Å². The monoisotopic (exact) mass is 264 g/mol. The van der Waals surface area contributed by atoms with Gasteiger partial charge >= 0.3 is 6.03 Å². The Labute approximate surface area is 113 Å². The van der Waals surface area contributed by atoms with Crippen molar-refractivity contribution in [3.05, 3.63) is 0 Å². The summed E-state index contributed by atoms with van der Waals surface area (Å²) in [5.41, 5.74) is 0. The van der Waals surface area contributed by atoms with E-state index in [0.717, 1.165) is 25.9 Å². The van der Waals surface area contributed by atoms with E-state index >= 15 is 0 Å². The van der Waals surface area contributed by atoms with Gasteiger partial charge in [-0.1, -0.05) is 5.92 Å². The molecule has 2 aliphatic rings. The lowest BCUT2D eigenvalue weighted by Gasteiger charge is -2.36. The minimum Gasteiger partial charge on any atom is -0.341 e. The molecule has 0 radical (unpaired) electrons. The second-order valence-corrected chi connectivity index (χ2v) is 4.84. The van der Waals surface area contributed by atoms with Crippen LogP contribution in [0.25, 0.3) is 0 Å². The summed E-state index contributed by atoms with van der Waals surface area (Å²) < 4.78 is 0. The number of nitrogens with zero attached hydrogens (tertiary/aromatic N) is 2. The molecule has 0 bridgehead atoms. The van der Waals surface area contributed by atoms with Crippen molar-refractivity contribution in [1.82, 2.24) is 20.4 Å². The highest BCUT2D eigenvalue weighted by Crippen LogP contribution is 2.18. The van der Waals surface area contributed by atoms with Crippen molar-refractivity contribution in [2.24, 2.45) is 0 Å². The average molecular weight is 264 g/mol. The number of hydrogen-bond donors (Lipinski definition) is 2. The zero-order chi connectivity index (χ0) is 13.7. The lowest BCUT2D eigenvalue weighted by molar-refractivity contribution is -0.131. The fraction of sp³-hybridized carbons (Fsp3) is 0.692. The second kappa shape index (κ2) is 6.43. The lowest BCUT2D eigenvalue weighted by Crippen LogP contribution is -2.49. The number of likely N-dealkylation sites (tertiary alicyclic amines) is 1. The molecular weight excluding hydrogens is 244 g/mol. The van der Waals surface area contributed by atoms with Gasteiger partial charge in [0.15, 0.2) is 0 Å². The maximum absolute atomic E-state index is 11.9. The van der Waals surface area contributed by atoms with E-state index in [2.05, 4.69) is 16.6 Å². The van der Waals surface area contributed by atoms with Gasteiger partial charge in [-0.3, -0.25) is 10.1 Å². The first-order valence-corrected chi connectivity index (χ1v) is 6.69. The van der Waals surface area contributed by atoms with E-state index in [1.807, 2.05) is 9.80 Å². The van der Waals surface area contributed by atoms with Crippen LogP contribution >= 0.6 is 0 Å². The number of terminal acetylenes is 1. The SMILES string of the molecule is C#CCNCC(=O)N1CCC(N2CCNC2=O)CC1. The standard InChI is InChI=1S/C13H20N4O2/c1-2-5-14-10-12(18)16-7-3-11(4-8-16)17-9-6-15-13(17)19/h1,11,14H,3-10H2,(H,15,19). The van der Waals surface area contributed by atoms with Gasteiger partial charge in [-0.05, 0) is 12.8 Å². The molecule has 0 spiro atoms. The van der Waals surface area contributed by atoms with E-state index in [4.69, 9.17) is 6.42 Å². The van der Waals surface area contributed by atoms with Crippen LogP contribution in [0.5, 0.6) is 0 Å². The van der Waals surface area contributed by atoms with Crippen LogP contribution in [0.1, 0.15) is 12.8 Å². The van der Waals surface area contributed by atoms with Gasteiger partial charge < -0.3 is 15.1 Å². The van der Waals surface area contributed by atoms with E-state index in [1.165, 1.54) is 0 Å². The lowest BCUT2D eigenvalue weighted by atomic mass is 10.0. The van der Waals surface area contributed by atoms with Gasteiger partial charge in [0.05, 0.1) is 13.1 Å². The van der Waals surface area contributed by atoms with Gasteiger partial charge in [0.2, 0.25) is 5.91 Å². The summed E-state index contributed by atoms with van der Waals surface area (Å²) in [6.07, 6.45) is 6.82. The summed E-state index contributed by atoms with van der Waals surface area (Å²) in [4.78, 5) is 27.2. The number of hydrogen-bond acceptors (Lipinski definition) is 3. The van der Waals surface area contributed by atoms with Gasteiger partial charge in [0.25, 0.3) is 0 Å². The first kappa shape index (κ1) is 13.7. The van der Waals surface area contributed by atoms with Crippen molar-refractivity contribution in [3.8, 4) is 12.3 Å². The Morgan fingerprint density at radius 2 is 2.16 bits per heavy atom. The molecule has 0 aromatic rings. The second-order valence-electron chi connectivity index (χ2n) is 4.84. The average Bonchev–Trinajstić information content (AvgIpc) is 2.85. The molecule has 0 aromatic carbocycles. The third kappa shape index (κ3) is 3.38. The molecule has 2 rings (SSSR count). The number of nitrogens with one attached hydrogen (secondary N) is 2. The maximum atomic E-state index is 11.9. The number of amides is 3. The Morgan fingerprint density at radius 1 is 1.42 bits per heavy atom. The number of urea groups is 1. The van der Waals surface area contributed by atoms with Crippen LogP contribution in [0.15, 0.2) is 0 Å². The quantitative estimate of drug-likeness (QED) is 0.517. The van der Waals surface area contributed by atoms with E-state index in [1.54, 1.807) is 0 Å². The van der Waals surface area contributed by atoms with Gasteiger partial charge in [-0.15, -0.1) is 6.42 Å². The number of carbonyl (C=O) groups excluding carboxylic acids is 2. The van der Waals surface area contributed by atoms with Crippen LogP contribution in [0.2, 0.25) is 0 Å². The largest absolute Gasteiger partial charge is 0.341 e. The fourth-order valence-electron chi connectivity index (χ4n) is 2.62. The predicted molar refractivity (Wildman–Crippen MR) is 71.4 cm³/mol. The summed E-state index contributed by atoms with van der Waals surface area (Å²) in [7, 11) is 0. The molecule has 0 atom stereocenters. The van der Waals surface area contributed by atoms with Crippen molar-refractivity contribution in [2.45, 2.75) is 18.9 Å². The molecule has 19 heavy (non-hydrogen) atoms. The summed E-state index contributed by atoms with van der Waals surface area (Å²) in [5.74, 6) is 2.52. The minimum atomic E-state index is 0.0282. The fourth-order valence-corrected chi connectivity index (χ4v) is 2.62. The predicted octanol–water partition coefficient (Wildman–Crippen LogP) is -0.775. The van der Waals surface area contributed by atoms with Crippen LogP contribution in [-0.4, -0.2) is 67.0 Å². The zero-order valence-corrected chi connectivity index (χ0v) is 11.0. The third-order valence-corrected chi connectivity index (χ3v) is 3.65. The highest BCUT2D eigenvalue weighted by molar-refractivity contribution is 5.78. The molecule has 0 saturated carbocycles. The Balaban J connectivity index is 1.74. The highest BCUT2D eigenvalue weighted by atomic mass is 16.2. The summed E-state index contributed by atoms with van der Waals surface area (Å²) in [6.45, 7) is 3.64. The molecule has 2 heterocycles. The first-order valence-electron chi connectivity index (χ1n) is 6.69. The minimum absolute atomic E-state index is 0.0282. The number of rotatable bonds is 4. The molecule has 2 saturated heterocycles. The molecule has 0 unspecified atom stereocenters. The smallest absolute Gasteiger partial charge is 0.317 e. The third-order valence-electron chi connectivity index (χ3n) is 3.65. The van der Waals surface area contributed by atoms with E-state index in [-0.39, 0.29) is 18.0 Å². The summed E-state index contributed by atoms with van der Waals surface area (Å²) in [5, 5.41) is 5.72. The topological polar surface area (TPSA) is 64.7 Å². The van der Waals surface area contributed by atoms with Gasteiger partial charge in [-0.2, -0.15) is 0 Å². The molecule has 3 amide bonds. The Morgan fingerprint density at radius 3 is 2.74 bits per heavy atom. The highest BCUT2D eigenvalue weighted by Gasteiger charge is 2.31. The molecule has 104 valence electrons. The summed E-state index contributed by atoms with van der Waals surface area (Å²) >= 11 is 0. The van der Waals surface area contributed by atoms with E-state index in [0.29, 0.717) is 26.2 Å². The van der Waals surface area contributed by atoms with Crippen LogP contribution in [0, 0.1) is 12.3 Å². The molecule has 0 aliphatic carbocycles. The van der Waals surface area contributed by atoms with Crippen molar-refractivity contribution < 1.29 is 9.59 Å². The van der Waals surface area contributed by atoms with Gasteiger partial charge in [0, 0.05) is 32.2 Å². The van der Waals surface area contributed by atoms with Crippen LogP contribution in [-0.2, 0) is 4.79 Å². The molecule has 2 N–H and O–H groups in total. The van der Waals surface area contributed by atoms with Crippen LogP contribution < -0.4 is 10.6 Å². The molecule has 2 aliphatic heterocycles. The van der Waals surface area contributed by atoms with E-state index in [9.17, 15) is 9.59 Å². The van der Waals surface area contributed by atoms with Crippen molar-refractivity contribution in [3.63, 3.8) is 0 Å². The first-order chi connectivity index (χ1) is 9.22. The van der Waals surface area contributed by atoms with E-state index < -0.39 is 0 Å². The zero-order valence-electron chi connectivity index (χ0n) is 11.0. The van der Waals surface area contributed by atoms with Crippen molar-refractivity contribution >= 4 is 11.9 Å². The van der Waals surface area contributed by atoms with Crippen molar-refractivity contribution in [1.29, 1.82) is 0 Å². The van der Waals surface area contributed by atoms with Gasteiger partial charge in [-0.25, -0.2) is 4.79 Å². The molecular formula is C13H20N4O2. The van der Waals surface area contributed by atoms with Crippen LogP contribution in [0.3, 0.4) is 0 Å². The van der Waals surface area contributed by atoms with Crippen molar-refractivity contribution in [2.75, 3.05) is 39.3 Å². The number of piperidine rings is 1. The Bertz CT molecular complexity index is 383. The Kier molecular flexibility index (Phi) is 4.63. The molecule has 0 aromatic heterocycles. The number of carbonyl (C=O) groups is 2. The normalized spacial score (nSPS) is 20.3. The molecule has 6 heteroatoms. The van der Waals surface area contributed by atoms with Gasteiger partial charge in [0.1, 0.15) is 0 Å². The maximum Gasteiger partial charge on any atom is 0.317 e.